The Morgan fingerprint density at radius 1 is 0.297 bits per heavy atom. The lowest BCUT2D eigenvalue weighted by Gasteiger charge is -2.15. The fraction of sp³-hybridized carbons (Fsp3) is 0.147. The number of aromatic nitrogens is 4. The zero-order chi connectivity index (χ0) is 51.7. The molecule has 0 atom stereocenters. The monoisotopic (exact) mass is 958 g/mol. The smallest absolute Gasteiger partial charge is 0.116 e. The fourth-order valence-electron chi connectivity index (χ4n) is 11.2. The van der Waals surface area contributed by atoms with Crippen LogP contribution in [0.25, 0.3) is 88.6 Å². The van der Waals surface area contributed by atoms with Gasteiger partial charge in [0.1, 0.15) is 11.5 Å². The Hall–Kier alpha value is -9.10. The van der Waals surface area contributed by atoms with E-state index in [2.05, 4.69) is 150 Å². The van der Waals surface area contributed by atoms with Crippen molar-refractivity contribution in [3.05, 3.63) is 211 Å². The van der Waals surface area contributed by atoms with Crippen LogP contribution in [0.5, 0.6) is 11.5 Å². The third-order valence-electron chi connectivity index (χ3n) is 14.2. The molecule has 0 spiro atoms. The molecule has 0 bridgehead atoms. The molecule has 6 heteroatoms. The largest absolute Gasteiger partial charge is 0.508 e. The van der Waals surface area contributed by atoms with E-state index in [1.165, 1.54) is 33.4 Å². The van der Waals surface area contributed by atoms with Crippen molar-refractivity contribution in [3.63, 3.8) is 0 Å². The maximum Gasteiger partial charge on any atom is 0.116 e. The van der Waals surface area contributed by atoms with Crippen molar-refractivity contribution < 1.29 is 10.2 Å². The number of nitrogens with zero attached hydrogens (tertiary/aromatic N) is 4. The Labute approximate surface area is 432 Å². The SMILES string of the molecule is Cc1cc(C)c(-c2ccc3ccc4cc(C#Cc5ccc(C#Cc6cc7ccc8ccc(-c9c(C)cc(C)cc9C)nc8c7nc6-c6c(C)cc(O)cc6C)cc5)c(-c5c(C)cc(O)cc5C)nc4c3n2)c(C)c1. The minimum absolute atomic E-state index is 0.211. The van der Waals surface area contributed by atoms with Gasteiger partial charge in [-0.25, -0.2) is 19.9 Å². The minimum Gasteiger partial charge on any atom is -0.508 e. The summed E-state index contributed by atoms with van der Waals surface area (Å²) in [5.41, 5.74) is 24.7. The van der Waals surface area contributed by atoms with Crippen molar-refractivity contribution in [1.82, 2.24) is 19.9 Å². The Kier molecular flexibility index (Phi) is 11.8. The molecule has 11 rings (SSSR count). The summed E-state index contributed by atoms with van der Waals surface area (Å²) < 4.78 is 0. The van der Waals surface area contributed by atoms with Crippen LogP contribution < -0.4 is 0 Å². The molecule has 74 heavy (non-hydrogen) atoms. The molecule has 0 amide bonds. The van der Waals surface area contributed by atoms with Crippen LogP contribution in [0.15, 0.2) is 133 Å². The van der Waals surface area contributed by atoms with Crippen LogP contribution in [0.2, 0.25) is 0 Å². The zero-order valence-electron chi connectivity index (χ0n) is 43.4. The van der Waals surface area contributed by atoms with Gasteiger partial charge >= 0.3 is 0 Å². The second kappa shape index (κ2) is 18.5. The third-order valence-corrected chi connectivity index (χ3v) is 14.2. The predicted molar refractivity (Wildman–Crippen MR) is 305 cm³/mol. The molecule has 2 N–H and O–H groups in total. The van der Waals surface area contributed by atoms with Crippen LogP contribution in [-0.2, 0) is 0 Å². The normalized spacial score (nSPS) is 11.3. The number of hydrogen-bond donors (Lipinski definition) is 2. The Bertz CT molecular complexity index is 3960. The Morgan fingerprint density at radius 2 is 0.595 bits per heavy atom. The van der Waals surface area contributed by atoms with Gasteiger partial charge in [0.2, 0.25) is 0 Å². The van der Waals surface area contributed by atoms with Gasteiger partial charge in [0, 0.05) is 54.9 Å². The molecule has 4 aromatic heterocycles. The number of rotatable bonds is 4. The average molecular weight is 959 g/mol. The summed E-state index contributed by atoms with van der Waals surface area (Å²) >= 11 is 0. The number of hydrogen-bond acceptors (Lipinski definition) is 6. The number of pyridine rings is 4. The van der Waals surface area contributed by atoms with Crippen molar-refractivity contribution in [2.75, 3.05) is 0 Å². The molecule has 0 aliphatic carbocycles. The minimum atomic E-state index is 0.211. The number of benzene rings is 7. The van der Waals surface area contributed by atoms with E-state index in [1.807, 2.05) is 52.0 Å². The number of phenols is 2. The summed E-state index contributed by atoms with van der Waals surface area (Å²) in [7, 11) is 0. The van der Waals surface area contributed by atoms with Crippen LogP contribution >= 0.6 is 0 Å². The summed E-state index contributed by atoms with van der Waals surface area (Å²) in [6, 6.07) is 45.0. The van der Waals surface area contributed by atoms with E-state index >= 15 is 0 Å². The van der Waals surface area contributed by atoms with Gasteiger partial charge in [-0.1, -0.05) is 95.5 Å². The van der Waals surface area contributed by atoms with Gasteiger partial charge in [-0.15, -0.1) is 0 Å². The van der Waals surface area contributed by atoms with E-state index < -0.39 is 0 Å². The maximum absolute atomic E-state index is 10.6. The van der Waals surface area contributed by atoms with Gasteiger partial charge in [-0.05, 0) is 187 Å². The van der Waals surface area contributed by atoms with Crippen molar-refractivity contribution in [2.45, 2.75) is 69.2 Å². The van der Waals surface area contributed by atoms with Crippen LogP contribution in [0.3, 0.4) is 0 Å². The second-order valence-electron chi connectivity index (χ2n) is 20.1. The molecule has 6 nitrogen and oxygen atoms in total. The zero-order valence-corrected chi connectivity index (χ0v) is 43.4. The van der Waals surface area contributed by atoms with E-state index in [9.17, 15) is 10.2 Å². The predicted octanol–water partition coefficient (Wildman–Crippen LogP) is 15.8. The van der Waals surface area contributed by atoms with Crippen molar-refractivity contribution in [3.8, 4) is 80.2 Å². The van der Waals surface area contributed by atoms with Gasteiger partial charge in [-0.2, -0.15) is 0 Å². The van der Waals surface area contributed by atoms with Crippen LogP contribution in [-0.4, -0.2) is 30.1 Å². The van der Waals surface area contributed by atoms with Crippen LogP contribution in [0.4, 0.5) is 0 Å². The van der Waals surface area contributed by atoms with Crippen molar-refractivity contribution >= 4 is 43.6 Å². The molecule has 7 aromatic carbocycles. The first-order valence-corrected chi connectivity index (χ1v) is 25.0. The number of fused-ring (bicyclic) bond motifs is 6. The summed E-state index contributed by atoms with van der Waals surface area (Å²) in [4.78, 5) is 21.4. The van der Waals surface area contributed by atoms with E-state index in [4.69, 9.17) is 19.9 Å². The topological polar surface area (TPSA) is 92.0 Å². The molecule has 0 fully saturated rings. The van der Waals surface area contributed by atoms with Crippen molar-refractivity contribution in [1.29, 1.82) is 0 Å². The van der Waals surface area contributed by atoms with E-state index in [1.54, 1.807) is 24.3 Å². The first kappa shape index (κ1) is 47.2. The molecule has 0 aliphatic heterocycles. The van der Waals surface area contributed by atoms with Gasteiger partial charge < -0.3 is 10.2 Å². The highest BCUT2D eigenvalue weighted by molar-refractivity contribution is 6.06. The second-order valence-corrected chi connectivity index (χ2v) is 20.1. The van der Waals surface area contributed by atoms with Crippen LogP contribution in [0, 0.1) is 92.9 Å². The molecule has 0 saturated heterocycles. The Morgan fingerprint density at radius 3 is 0.946 bits per heavy atom. The molecule has 358 valence electrons. The molecule has 11 aromatic rings. The van der Waals surface area contributed by atoms with Crippen LogP contribution in [0.1, 0.15) is 77.9 Å². The summed E-state index contributed by atoms with van der Waals surface area (Å²) in [6.45, 7) is 20.8. The highest BCUT2D eigenvalue weighted by Crippen LogP contribution is 2.38. The fourth-order valence-corrected chi connectivity index (χ4v) is 11.2. The lowest BCUT2D eigenvalue weighted by molar-refractivity contribution is 0.474. The quantitative estimate of drug-likeness (QED) is 0.135. The Balaban J connectivity index is 0.991. The summed E-state index contributed by atoms with van der Waals surface area (Å²) in [5.74, 6) is 14.3. The molecule has 0 radical (unpaired) electrons. The van der Waals surface area contributed by atoms with Gasteiger partial charge in [-0.3, -0.25) is 0 Å². The molecular weight excluding hydrogens is 905 g/mol. The first-order valence-electron chi connectivity index (χ1n) is 25.0. The van der Waals surface area contributed by atoms with Gasteiger partial charge in [0.05, 0.1) is 56.0 Å². The molecular formula is C68H54N4O2. The molecule has 0 aliphatic rings. The molecule has 0 saturated carbocycles. The average Bonchev–Trinajstić information content (AvgIpc) is 3.36. The summed E-state index contributed by atoms with van der Waals surface area (Å²) in [5, 5.41) is 25.0. The highest BCUT2D eigenvalue weighted by Gasteiger charge is 2.20. The number of phenolic OH excluding ortho intramolecular Hbond substituents is 2. The lowest BCUT2D eigenvalue weighted by Crippen LogP contribution is -1.98. The lowest BCUT2D eigenvalue weighted by atomic mass is 9.94. The summed E-state index contributed by atoms with van der Waals surface area (Å²) in [6.07, 6.45) is 0. The molecule has 4 heterocycles. The standard InChI is InChI=1S/C68H54N4O2/c1-37-27-39(3)59(40(4)28-37)57-25-23-49-19-21-53-35-51(63(71-67(53)65(49)69-57)61-43(7)31-55(73)32-44(61)8)17-15-47-11-13-48(14-12-47)16-18-52-36-54-22-20-50-24-26-58(60-41(5)29-38(2)30-42(60)6)70-66(50)68(54)72-64(52)62-45(9)33-56(74)34-46(62)10/h11-14,19-36,73-74H,1-10H3. The van der Waals surface area contributed by atoms with E-state index in [0.29, 0.717) is 0 Å². The van der Waals surface area contributed by atoms with Gasteiger partial charge in [0.15, 0.2) is 0 Å². The molecule has 0 unspecified atom stereocenters. The van der Waals surface area contributed by atoms with Crippen molar-refractivity contribution in [2.24, 2.45) is 0 Å². The van der Waals surface area contributed by atoms with E-state index in [-0.39, 0.29) is 11.5 Å². The highest BCUT2D eigenvalue weighted by atomic mass is 16.3. The third kappa shape index (κ3) is 8.65. The van der Waals surface area contributed by atoms with Gasteiger partial charge in [0.25, 0.3) is 0 Å². The number of aromatic hydroxyl groups is 2. The maximum atomic E-state index is 10.6. The van der Waals surface area contributed by atoms with E-state index in [0.717, 1.165) is 133 Å². The first-order chi connectivity index (χ1) is 35.6. The number of aryl methyl sites for hydroxylation is 10.